The van der Waals surface area contributed by atoms with E-state index in [4.69, 9.17) is 47.8 Å². The maximum absolute atomic E-state index is 6.65. The number of alkyl halides is 4. The van der Waals surface area contributed by atoms with Crippen LogP contribution in [0.2, 0.25) is 0 Å². The third-order valence-corrected chi connectivity index (χ3v) is 1.48. The van der Waals surface area contributed by atoms with Gasteiger partial charge < -0.3 is 0 Å². The van der Waals surface area contributed by atoms with Crippen molar-refractivity contribution in [3.05, 3.63) is 0 Å². The average Bonchev–Trinajstić information content (AvgIpc) is 1.31. The minimum atomic E-state index is -1.77. The Morgan fingerprint density at radius 3 is 1.33 bits per heavy atom. The number of hydrogen-bond donors (Lipinski definition) is 0. The molecule has 0 amide bonds. The summed E-state index contributed by atoms with van der Waals surface area (Å²) in [5.74, 6) is 0. The van der Waals surface area contributed by atoms with Gasteiger partial charge in [-0.3, -0.25) is 0 Å². The first-order valence-electron chi connectivity index (χ1n) is 1.60. The Kier molecular flexibility index (Phi) is 2.83. The quantitative estimate of drug-likeness (QED) is 0.529. The van der Waals surface area contributed by atoms with Gasteiger partial charge >= 0.3 is 0 Å². The minimum Gasteiger partial charge on any atom is -0.102 e. The first kappa shape index (κ1) is 5.30. The van der Waals surface area contributed by atoms with Gasteiger partial charge in [0.05, 0.1) is 1.37 Å². The standard InChI is InChI=1S/C2H2Cl4/c3-1(4)2(5)6/h1-2H/i1D. The van der Waals surface area contributed by atoms with Crippen LogP contribution in [0.15, 0.2) is 0 Å². The van der Waals surface area contributed by atoms with Gasteiger partial charge in [-0.25, -0.2) is 0 Å². The Bertz CT molecular complexity index is 55.2. The van der Waals surface area contributed by atoms with Gasteiger partial charge in [0.1, 0.15) is 9.65 Å². The predicted molar refractivity (Wildman–Crippen MR) is 31.0 cm³/mol. The van der Waals surface area contributed by atoms with Gasteiger partial charge in [-0.1, -0.05) is 0 Å². The summed E-state index contributed by atoms with van der Waals surface area (Å²) in [5.41, 5.74) is 0. The zero-order valence-corrected chi connectivity index (χ0v) is 5.61. The van der Waals surface area contributed by atoms with E-state index in [0.29, 0.717) is 0 Å². The summed E-state index contributed by atoms with van der Waals surface area (Å²) in [5, 5.41) is 0. The van der Waals surface area contributed by atoms with Crippen LogP contribution in [-0.4, -0.2) is 9.65 Å². The van der Waals surface area contributed by atoms with Crippen LogP contribution in [0.1, 0.15) is 1.37 Å². The summed E-state index contributed by atoms with van der Waals surface area (Å²) >= 11 is 20.2. The second-order valence-electron chi connectivity index (χ2n) is 0.590. The molecule has 0 aliphatic heterocycles. The summed E-state index contributed by atoms with van der Waals surface area (Å²) in [6.07, 6.45) is 0. The van der Waals surface area contributed by atoms with Gasteiger partial charge in [0.2, 0.25) is 0 Å². The fourth-order valence-corrected chi connectivity index (χ4v) is 0. The van der Waals surface area contributed by atoms with Crippen molar-refractivity contribution in [1.82, 2.24) is 0 Å². The largest absolute Gasteiger partial charge is 0.137 e. The summed E-state index contributed by atoms with van der Waals surface area (Å²) in [6, 6.07) is 0. The summed E-state index contributed by atoms with van der Waals surface area (Å²) in [4.78, 5) is -2.83. The van der Waals surface area contributed by atoms with E-state index >= 15 is 0 Å². The molecular formula is C2H2Cl4. The monoisotopic (exact) mass is 167 g/mol. The number of halogens is 4. The van der Waals surface area contributed by atoms with Crippen LogP contribution in [0, 0.1) is 0 Å². The van der Waals surface area contributed by atoms with E-state index in [9.17, 15) is 0 Å². The zero-order chi connectivity index (χ0) is 6.08. The van der Waals surface area contributed by atoms with Crippen LogP contribution >= 0.6 is 46.4 Å². The maximum Gasteiger partial charge on any atom is 0.137 e. The molecule has 0 aliphatic rings. The van der Waals surface area contributed by atoms with Crippen molar-refractivity contribution in [1.29, 1.82) is 0 Å². The van der Waals surface area contributed by atoms with Crippen LogP contribution < -0.4 is 0 Å². The summed E-state index contributed by atoms with van der Waals surface area (Å²) in [7, 11) is 0. The summed E-state index contributed by atoms with van der Waals surface area (Å²) < 4.78 is 6.65. The lowest BCUT2D eigenvalue weighted by Crippen LogP contribution is -1.96. The van der Waals surface area contributed by atoms with Crippen molar-refractivity contribution < 1.29 is 1.37 Å². The van der Waals surface area contributed by atoms with Crippen molar-refractivity contribution in [3.63, 3.8) is 0 Å². The molecule has 0 atom stereocenters. The molecule has 0 aliphatic carbocycles. The lowest BCUT2D eigenvalue weighted by atomic mass is 10.9. The average molecular weight is 169 g/mol. The van der Waals surface area contributed by atoms with E-state index in [1.165, 1.54) is 0 Å². The second kappa shape index (κ2) is 3.20. The molecule has 0 heterocycles. The van der Waals surface area contributed by atoms with Gasteiger partial charge in [0.25, 0.3) is 0 Å². The molecule has 0 saturated heterocycles. The van der Waals surface area contributed by atoms with Crippen LogP contribution in [-0.2, 0) is 0 Å². The Morgan fingerprint density at radius 2 is 1.33 bits per heavy atom. The van der Waals surface area contributed by atoms with Gasteiger partial charge in [-0.05, 0) is 0 Å². The first-order valence-corrected chi connectivity index (χ1v) is 2.73. The molecule has 0 saturated carbocycles. The predicted octanol–water partition coefficient (Wildman–Crippen LogP) is 2.59. The van der Waals surface area contributed by atoms with E-state index in [1.807, 2.05) is 0 Å². The molecule has 0 bridgehead atoms. The van der Waals surface area contributed by atoms with Crippen molar-refractivity contribution in [3.8, 4) is 0 Å². The van der Waals surface area contributed by atoms with Crippen molar-refractivity contribution in [2.75, 3.05) is 0 Å². The minimum absolute atomic E-state index is 1.06. The number of rotatable bonds is 1. The van der Waals surface area contributed by atoms with Crippen LogP contribution in [0.5, 0.6) is 0 Å². The highest BCUT2D eigenvalue weighted by Gasteiger charge is 2.06. The van der Waals surface area contributed by atoms with Gasteiger partial charge in [0.15, 0.2) is 0 Å². The molecule has 0 aromatic heterocycles. The Balaban J connectivity index is 3.54. The van der Waals surface area contributed by atoms with Crippen molar-refractivity contribution in [2.45, 2.75) is 9.65 Å². The lowest BCUT2D eigenvalue weighted by molar-refractivity contribution is 1.29. The molecule has 0 radical (unpaired) electrons. The van der Waals surface area contributed by atoms with Crippen LogP contribution in [0.4, 0.5) is 0 Å². The topological polar surface area (TPSA) is 0 Å². The third kappa shape index (κ3) is 3.35. The highest BCUT2D eigenvalue weighted by atomic mass is 35.5. The molecule has 0 aromatic rings. The Hall–Kier alpha value is 1.16. The SMILES string of the molecule is [2H]C(Cl)(Cl)C(Cl)Cl. The molecule has 0 fully saturated rings. The zero-order valence-electron chi connectivity index (χ0n) is 3.59. The molecule has 0 nitrogen and oxygen atoms in total. The molecule has 0 N–H and O–H groups in total. The second-order valence-corrected chi connectivity index (χ2v) is 2.69. The maximum atomic E-state index is 6.65. The van der Waals surface area contributed by atoms with Gasteiger partial charge in [-0.15, -0.1) is 46.4 Å². The highest BCUT2D eigenvalue weighted by Crippen LogP contribution is 2.16. The molecule has 0 unspecified atom stereocenters. The fourth-order valence-electron chi connectivity index (χ4n) is 0. The number of hydrogen-bond acceptors (Lipinski definition) is 0. The molecule has 0 aromatic carbocycles. The van der Waals surface area contributed by atoms with E-state index in [2.05, 4.69) is 0 Å². The highest BCUT2D eigenvalue weighted by molar-refractivity contribution is 6.56. The third-order valence-electron chi connectivity index (χ3n) is 0.165. The molecule has 6 heavy (non-hydrogen) atoms. The van der Waals surface area contributed by atoms with E-state index < -0.39 is 9.65 Å². The first-order chi connectivity index (χ1) is 2.94. The van der Waals surface area contributed by atoms with E-state index in [0.717, 1.165) is 0 Å². The Morgan fingerprint density at radius 1 is 1.17 bits per heavy atom. The fraction of sp³-hybridized carbons (Fsp3) is 1.00. The lowest BCUT2D eigenvalue weighted by Gasteiger charge is -1.95. The normalized spacial score (nSPS) is 15.2. The molecule has 0 rings (SSSR count). The molecule has 0 spiro atoms. The van der Waals surface area contributed by atoms with Crippen LogP contribution in [0.3, 0.4) is 0 Å². The molecule has 4 heteroatoms. The molecule has 38 valence electrons. The van der Waals surface area contributed by atoms with Crippen molar-refractivity contribution in [2.24, 2.45) is 0 Å². The Labute approximate surface area is 57.7 Å². The van der Waals surface area contributed by atoms with Gasteiger partial charge in [-0.2, -0.15) is 0 Å². The smallest absolute Gasteiger partial charge is 0.102 e. The van der Waals surface area contributed by atoms with Crippen molar-refractivity contribution >= 4 is 46.4 Å². The summed E-state index contributed by atoms with van der Waals surface area (Å²) in [6.45, 7) is 0. The van der Waals surface area contributed by atoms with E-state index in [-0.39, 0.29) is 0 Å². The molecular weight excluding hydrogens is 166 g/mol. The van der Waals surface area contributed by atoms with Crippen LogP contribution in [0.25, 0.3) is 0 Å². The van der Waals surface area contributed by atoms with E-state index in [1.54, 1.807) is 0 Å². The van der Waals surface area contributed by atoms with Gasteiger partial charge in [0, 0.05) is 0 Å².